The van der Waals surface area contributed by atoms with Crippen LogP contribution >= 0.6 is 0 Å². The van der Waals surface area contributed by atoms with Crippen LogP contribution in [0.4, 0.5) is 16.2 Å². The van der Waals surface area contributed by atoms with Crippen molar-refractivity contribution in [1.82, 2.24) is 10.6 Å². The van der Waals surface area contributed by atoms with E-state index >= 15 is 0 Å². The summed E-state index contributed by atoms with van der Waals surface area (Å²) >= 11 is 0. The Morgan fingerprint density at radius 2 is 2.16 bits per heavy atom. The van der Waals surface area contributed by atoms with Crippen molar-refractivity contribution in [1.29, 1.82) is 0 Å². The number of non-ortho nitro benzene ring substituents is 1. The smallest absolute Gasteiger partial charge is 0.337 e. The Morgan fingerprint density at radius 1 is 1.40 bits per heavy atom. The maximum Gasteiger partial charge on any atom is 0.337 e. The van der Waals surface area contributed by atoms with Crippen LogP contribution in [0.25, 0.3) is 0 Å². The van der Waals surface area contributed by atoms with Gasteiger partial charge in [-0.15, -0.1) is 0 Å². The second-order valence-corrected chi connectivity index (χ2v) is 5.33. The fourth-order valence-corrected chi connectivity index (χ4v) is 2.52. The molecule has 0 fully saturated rings. The van der Waals surface area contributed by atoms with Crippen molar-refractivity contribution in [3.05, 3.63) is 45.6 Å². The van der Waals surface area contributed by atoms with Crippen molar-refractivity contribution in [3.63, 3.8) is 0 Å². The molecule has 1 heterocycles. The molecule has 134 valence electrons. The van der Waals surface area contributed by atoms with E-state index in [1.807, 2.05) is 6.92 Å². The lowest BCUT2D eigenvalue weighted by Crippen LogP contribution is -2.51. The first kappa shape index (κ1) is 18.2. The van der Waals surface area contributed by atoms with Gasteiger partial charge in [0.15, 0.2) is 0 Å². The Bertz CT molecular complexity index is 716. The molecular formula is C16H20N4O5. The molecule has 1 aromatic rings. The highest BCUT2D eigenvalue weighted by Gasteiger charge is 2.31. The van der Waals surface area contributed by atoms with Gasteiger partial charge in [0.05, 0.1) is 35.4 Å². The Morgan fingerprint density at radius 3 is 2.80 bits per heavy atom. The first-order valence-electron chi connectivity index (χ1n) is 7.92. The average Bonchev–Trinajstić information content (AvgIpc) is 2.59. The van der Waals surface area contributed by atoms with E-state index in [0.717, 1.165) is 0 Å². The largest absolute Gasteiger partial charge is 0.463 e. The third kappa shape index (κ3) is 4.46. The number of hydrogen-bond donors (Lipinski definition) is 3. The van der Waals surface area contributed by atoms with E-state index in [1.165, 1.54) is 12.1 Å². The average molecular weight is 348 g/mol. The third-order valence-corrected chi connectivity index (χ3v) is 3.67. The van der Waals surface area contributed by atoms with Crippen LogP contribution in [0.3, 0.4) is 0 Å². The fourth-order valence-electron chi connectivity index (χ4n) is 2.52. The van der Waals surface area contributed by atoms with Gasteiger partial charge in [0.2, 0.25) is 0 Å². The summed E-state index contributed by atoms with van der Waals surface area (Å²) in [5, 5.41) is 19.1. The summed E-state index contributed by atoms with van der Waals surface area (Å²) in [5.74, 6) is -0.502. The van der Waals surface area contributed by atoms with Crippen molar-refractivity contribution in [2.75, 3.05) is 18.5 Å². The molecule has 2 amide bonds. The number of benzene rings is 1. The van der Waals surface area contributed by atoms with E-state index in [1.54, 1.807) is 19.1 Å². The lowest BCUT2D eigenvalue weighted by Gasteiger charge is -2.28. The molecule has 1 aliphatic rings. The number of urea groups is 1. The normalized spacial score (nSPS) is 16.7. The Labute approximate surface area is 144 Å². The molecule has 9 nitrogen and oxygen atoms in total. The van der Waals surface area contributed by atoms with E-state index in [0.29, 0.717) is 23.4 Å². The monoisotopic (exact) mass is 348 g/mol. The number of nitro benzene ring substituents is 1. The number of hydrogen-bond acceptors (Lipinski definition) is 6. The zero-order chi connectivity index (χ0) is 18.4. The molecule has 0 radical (unpaired) electrons. The van der Waals surface area contributed by atoms with Crippen LogP contribution in [0, 0.1) is 10.1 Å². The molecular weight excluding hydrogens is 328 g/mol. The van der Waals surface area contributed by atoms with Gasteiger partial charge in [-0.2, -0.15) is 0 Å². The minimum absolute atomic E-state index is 0.0506. The molecule has 1 aromatic carbocycles. The topological polar surface area (TPSA) is 123 Å². The number of amides is 2. The maximum absolute atomic E-state index is 12.3. The minimum atomic E-state index is -0.502. The molecule has 9 heteroatoms. The first-order valence-corrected chi connectivity index (χ1v) is 7.92. The molecule has 3 N–H and O–H groups in total. The van der Waals surface area contributed by atoms with Crippen LogP contribution in [0.1, 0.15) is 20.3 Å². The molecule has 0 unspecified atom stereocenters. The molecule has 1 atom stereocenters. The number of nitrogens with zero attached hydrogens (tertiary/aromatic N) is 1. The molecule has 0 aliphatic carbocycles. The summed E-state index contributed by atoms with van der Waals surface area (Å²) in [6.07, 6.45) is 0.530. The van der Waals surface area contributed by atoms with Crippen molar-refractivity contribution in [3.8, 4) is 0 Å². The number of carbonyl (C=O) groups excluding carboxylic acids is 2. The number of ether oxygens (including phenoxy) is 1. The Balaban J connectivity index is 2.25. The summed E-state index contributed by atoms with van der Waals surface area (Å²) < 4.78 is 5.08. The zero-order valence-electron chi connectivity index (χ0n) is 14.0. The lowest BCUT2D eigenvalue weighted by molar-refractivity contribution is -0.384. The van der Waals surface area contributed by atoms with Crippen molar-refractivity contribution >= 4 is 23.4 Å². The zero-order valence-corrected chi connectivity index (χ0v) is 14.0. The highest BCUT2D eigenvalue weighted by molar-refractivity contribution is 5.95. The third-order valence-electron chi connectivity index (χ3n) is 3.67. The van der Waals surface area contributed by atoms with Gasteiger partial charge in [0, 0.05) is 17.8 Å². The van der Waals surface area contributed by atoms with Gasteiger partial charge in [-0.1, -0.05) is 13.0 Å². The van der Waals surface area contributed by atoms with E-state index in [2.05, 4.69) is 16.0 Å². The molecule has 0 spiro atoms. The number of anilines is 1. The van der Waals surface area contributed by atoms with Crippen LogP contribution in [0.15, 0.2) is 35.5 Å². The molecule has 25 heavy (non-hydrogen) atoms. The standard InChI is InChI=1S/C16H20N4O5/c1-3-12-14(15(21)25-4-2)13(19-16(22)18-12)9-17-10-6-5-7-11(8-10)20(23)24/h5-8,12,17H,3-4,9H2,1-2H3,(H2,18,19,22)/t12-/m1/s1. The van der Waals surface area contributed by atoms with Crippen molar-refractivity contribution in [2.45, 2.75) is 26.3 Å². The number of nitro groups is 1. The SMILES string of the molecule is CCOC(=O)C1=C(CNc2cccc([N+](=O)[O-])c2)NC(=O)N[C@@H]1CC. The fraction of sp³-hybridized carbons (Fsp3) is 0.375. The summed E-state index contributed by atoms with van der Waals surface area (Å²) in [7, 11) is 0. The van der Waals surface area contributed by atoms with Gasteiger partial charge >= 0.3 is 12.0 Å². The van der Waals surface area contributed by atoms with Gasteiger partial charge in [0.25, 0.3) is 5.69 Å². The Kier molecular flexibility index (Phi) is 5.93. The van der Waals surface area contributed by atoms with Crippen LogP contribution in [0.2, 0.25) is 0 Å². The van der Waals surface area contributed by atoms with Crippen LogP contribution in [-0.4, -0.2) is 36.1 Å². The lowest BCUT2D eigenvalue weighted by atomic mass is 10.00. The predicted octanol–water partition coefficient (Wildman–Crippen LogP) is 1.92. The van der Waals surface area contributed by atoms with E-state index in [4.69, 9.17) is 4.74 Å². The Hall–Kier alpha value is -3.10. The molecule has 0 aromatic heterocycles. The minimum Gasteiger partial charge on any atom is -0.463 e. The van der Waals surface area contributed by atoms with Crippen molar-refractivity contribution in [2.24, 2.45) is 0 Å². The summed E-state index contributed by atoms with van der Waals surface area (Å²) in [6.45, 7) is 3.90. The van der Waals surface area contributed by atoms with Gasteiger partial charge in [-0.25, -0.2) is 9.59 Å². The van der Waals surface area contributed by atoms with Gasteiger partial charge in [-0.05, 0) is 19.4 Å². The van der Waals surface area contributed by atoms with Gasteiger partial charge in [0.1, 0.15) is 0 Å². The molecule has 0 saturated carbocycles. The van der Waals surface area contributed by atoms with E-state index in [9.17, 15) is 19.7 Å². The second-order valence-electron chi connectivity index (χ2n) is 5.33. The second kappa shape index (κ2) is 8.13. The van der Waals surface area contributed by atoms with E-state index in [-0.39, 0.29) is 18.8 Å². The number of carbonyl (C=O) groups is 2. The molecule has 1 aliphatic heterocycles. The number of rotatable bonds is 7. The number of esters is 1. The van der Waals surface area contributed by atoms with Gasteiger partial charge in [-0.3, -0.25) is 10.1 Å². The molecule has 0 saturated heterocycles. The summed E-state index contributed by atoms with van der Waals surface area (Å²) in [5.41, 5.74) is 1.19. The van der Waals surface area contributed by atoms with E-state index < -0.39 is 23.0 Å². The van der Waals surface area contributed by atoms with Gasteiger partial charge < -0.3 is 20.7 Å². The van der Waals surface area contributed by atoms with Crippen LogP contribution < -0.4 is 16.0 Å². The maximum atomic E-state index is 12.3. The summed E-state index contributed by atoms with van der Waals surface area (Å²) in [4.78, 5) is 34.4. The highest BCUT2D eigenvalue weighted by atomic mass is 16.6. The van der Waals surface area contributed by atoms with Crippen LogP contribution in [-0.2, 0) is 9.53 Å². The first-order chi connectivity index (χ1) is 12.0. The van der Waals surface area contributed by atoms with Crippen LogP contribution in [0.5, 0.6) is 0 Å². The quantitative estimate of drug-likeness (QED) is 0.393. The molecule has 2 rings (SSSR count). The summed E-state index contributed by atoms with van der Waals surface area (Å²) in [6, 6.07) is 5.12. The van der Waals surface area contributed by atoms with Crippen molar-refractivity contribution < 1.29 is 19.2 Å². The predicted molar refractivity (Wildman–Crippen MR) is 91.0 cm³/mol. The molecule has 0 bridgehead atoms. The number of nitrogens with one attached hydrogen (secondary N) is 3. The highest BCUT2D eigenvalue weighted by Crippen LogP contribution is 2.20.